The van der Waals surface area contributed by atoms with E-state index in [4.69, 9.17) is 16.3 Å². The molecule has 2 unspecified atom stereocenters. The number of piperidine rings is 1. The lowest BCUT2D eigenvalue weighted by Crippen LogP contribution is -2.50. The number of fused-ring (bicyclic) bond motifs is 2. The third kappa shape index (κ3) is 2.63. The van der Waals surface area contributed by atoms with Crippen LogP contribution in [0, 0.1) is 0 Å². The number of hydrogen-bond donors (Lipinski definition) is 1. The number of amides is 2. The molecule has 2 saturated heterocycles. The van der Waals surface area contributed by atoms with Crippen LogP contribution in [0.3, 0.4) is 0 Å². The maximum absolute atomic E-state index is 12.5. The molecular formula is C15H19ClN2O2. The monoisotopic (exact) mass is 294 g/mol. The molecule has 2 heterocycles. The number of methoxy groups -OCH3 is 1. The molecule has 0 radical (unpaired) electrons. The SMILES string of the molecule is COC1CC2CCC(C1)N2C(=O)Nc1cccc(Cl)c1. The van der Waals surface area contributed by atoms with Crippen molar-refractivity contribution < 1.29 is 9.53 Å². The van der Waals surface area contributed by atoms with Gasteiger partial charge >= 0.3 is 6.03 Å². The number of carbonyl (C=O) groups excluding carboxylic acids is 1. The van der Waals surface area contributed by atoms with Gasteiger partial charge in [-0.25, -0.2) is 4.79 Å². The molecule has 2 atom stereocenters. The Balaban J connectivity index is 1.69. The second-order valence-electron chi connectivity index (χ2n) is 5.56. The fourth-order valence-corrected chi connectivity index (χ4v) is 3.60. The number of rotatable bonds is 2. The molecule has 2 aliphatic heterocycles. The van der Waals surface area contributed by atoms with Crippen LogP contribution in [0.25, 0.3) is 0 Å². The van der Waals surface area contributed by atoms with E-state index in [1.165, 1.54) is 0 Å². The van der Waals surface area contributed by atoms with E-state index in [0.29, 0.717) is 23.2 Å². The highest BCUT2D eigenvalue weighted by atomic mass is 35.5. The number of carbonyl (C=O) groups is 1. The largest absolute Gasteiger partial charge is 0.381 e. The Morgan fingerprint density at radius 1 is 1.35 bits per heavy atom. The molecule has 2 amide bonds. The van der Waals surface area contributed by atoms with E-state index in [1.807, 2.05) is 17.0 Å². The molecule has 1 N–H and O–H groups in total. The van der Waals surface area contributed by atoms with Crippen molar-refractivity contribution in [2.45, 2.75) is 43.9 Å². The summed E-state index contributed by atoms with van der Waals surface area (Å²) in [5.41, 5.74) is 0.746. The number of hydrogen-bond acceptors (Lipinski definition) is 2. The molecular weight excluding hydrogens is 276 g/mol. The van der Waals surface area contributed by atoms with Gasteiger partial charge in [-0.05, 0) is 43.9 Å². The van der Waals surface area contributed by atoms with Crippen LogP contribution in [-0.2, 0) is 4.74 Å². The van der Waals surface area contributed by atoms with E-state index >= 15 is 0 Å². The van der Waals surface area contributed by atoms with E-state index in [0.717, 1.165) is 31.4 Å². The molecule has 0 aliphatic carbocycles. The van der Waals surface area contributed by atoms with E-state index in [9.17, 15) is 4.79 Å². The summed E-state index contributed by atoms with van der Waals surface area (Å²) in [7, 11) is 1.76. The van der Waals surface area contributed by atoms with Crippen molar-refractivity contribution in [2.75, 3.05) is 12.4 Å². The zero-order valence-corrected chi connectivity index (χ0v) is 12.3. The van der Waals surface area contributed by atoms with Gasteiger partial charge < -0.3 is 15.0 Å². The summed E-state index contributed by atoms with van der Waals surface area (Å²) < 4.78 is 5.46. The molecule has 2 fully saturated rings. The van der Waals surface area contributed by atoms with Crippen molar-refractivity contribution in [3.8, 4) is 0 Å². The minimum atomic E-state index is -0.0191. The summed E-state index contributed by atoms with van der Waals surface area (Å²) in [6.07, 6.45) is 4.33. The molecule has 108 valence electrons. The van der Waals surface area contributed by atoms with Crippen LogP contribution in [0.15, 0.2) is 24.3 Å². The first-order valence-corrected chi connectivity index (χ1v) is 7.43. The maximum atomic E-state index is 12.5. The molecule has 0 saturated carbocycles. The van der Waals surface area contributed by atoms with E-state index in [1.54, 1.807) is 19.2 Å². The number of urea groups is 1. The lowest BCUT2D eigenvalue weighted by molar-refractivity contribution is 0.0232. The average molecular weight is 295 g/mol. The summed E-state index contributed by atoms with van der Waals surface area (Å²) in [5, 5.41) is 3.58. The Labute approximate surface area is 124 Å². The van der Waals surface area contributed by atoms with Gasteiger partial charge in [0, 0.05) is 29.9 Å². The zero-order valence-electron chi connectivity index (χ0n) is 11.5. The molecule has 1 aromatic carbocycles. The van der Waals surface area contributed by atoms with Gasteiger partial charge in [0.25, 0.3) is 0 Å². The van der Waals surface area contributed by atoms with Crippen LogP contribution in [0.4, 0.5) is 10.5 Å². The molecule has 1 aromatic rings. The Hall–Kier alpha value is -1.26. The van der Waals surface area contributed by atoms with E-state index in [-0.39, 0.29) is 6.03 Å². The number of nitrogens with zero attached hydrogens (tertiary/aromatic N) is 1. The summed E-state index contributed by atoms with van der Waals surface area (Å²) in [4.78, 5) is 14.5. The van der Waals surface area contributed by atoms with Crippen molar-refractivity contribution in [1.29, 1.82) is 0 Å². The van der Waals surface area contributed by atoms with Gasteiger partial charge in [-0.15, -0.1) is 0 Å². The Bertz CT molecular complexity index is 494. The standard InChI is InChI=1S/C15H19ClN2O2/c1-20-14-8-12-5-6-13(9-14)18(12)15(19)17-11-4-2-3-10(16)7-11/h2-4,7,12-14H,5-6,8-9H2,1H3,(H,17,19). The number of halogens is 1. The highest BCUT2D eigenvalue weighted by Crippen LogP contribution is 2.37. The van der Waals surface area contributed by atoms with Gasteiger partial charge in [-0.1, -0.05) is 17.7 Å². The third-order valence-electron chi connectivity index (χ3n) is 4.33. The second-order valence-corrected chi connectivity index (χ2v) is 6.00. The summed E-state index contributed by atoms with van der Waals surface area (Å²) in [6, 6.07) is 7.84. The topological polar surface area (TPSA) is 41.6 Å². The van der Waals surface area contributed by atoms with Crippen molar-refractivity contribution in [2.24, 2.45) is 0 Å². The molecule has 2 aliphatic rings. The van der Waals surface area contributed by atoms with Crippen LogP contribution >= 0.6 is 11.6 Å². The summed E-state index contributed by atoms with van der Waals surface area (Å²) >= 11 is 5.94. The lowest BCUT2D eigenvalue weighted by Gasteiger charge is -2.38. The fraction of sp³-hybridized carbons (Fsp3) is 0.533. The second kappa shape index (κ2) is 5.62. The predicted octanol–water partition coefficient (Wildman–Crippen LogP) is 3.51. The summed E-state index contributed by atoms with van der Waals surface area (Å²) in [6.45, 7) is 0. The molecule has 0 aromatic heterocycles. The van der Waals surface area contributed by atoms with Gasteiger partial charge in [0.05, 0.1) is 6.10 Å². The minimum absolute atomic E-state index is 0.0191. The highest BCUT2D eigenvalue weighted by Gasteiger charge is 2.43. The molecule has 20 heavy (non-hydrogen) atoms. The maximum Gasteiger partial charge on any atom is 0.322 e. The predicted molar refractivity (Wildman–Crippen MR) is 79.2 cm³/mol. The van der Waals surface area contributed by atoms with Gasteiger partial charge in [0.2, 0.25) is 0 Å². The number of anilines is 1. The quantitative estimate of drug-likeness (QED) is 0.907. The Kier molecular flexibility index (Phi) is 3.85. The van der Waals surface area contributed by atoms with Gasteiger partial charge in [0.1, 0.15) is 0 Å². The highest BCUT2D eigenvalue weighted by molar-refractivity contribution is 6.30. The molecule has 4 nitrogen and oxygen atoms in total. The smallest absolute Gasteiger partial charge is 0.322 e. The van der Waals surface area contributed by atoms with Crippen LogP contribution in [0.1, 0.15) is 25.7 Å². The molecule has 2 bridgehead atoms. The van der Waals surface area contributed by atoms with Gasteiger partial charge in [0.15, 0.2) is 0 Å². The number of benzene rings is 1. The first-order chi connectivity index (χ1) is 9.67. The molecule has 3 rings (SSSR count). The normalized spacial score (nSPS) is 28.5. The van der Waals surface area contributed by atoms with Crippen molar-refractivity contribution in [3.05, 3.63) is 29.3 Å². The van der Waals surface area contributed by atoms with Crippen molar-refractivity contribution in [3.63, 3.8) is 0 Å². The first-order valence-electron chi connectivity index (χ1n) is 7.05. The Morgan fingerprint density at radius 3 is 2.65 bits per heavy atom. The average Bonchev–Trinajstić information content (AvgIpc) is 2.69. The van der Waals surface area contributed by atoms with Gasteiger partial charge in [-0.3, -0.25) is 0 Å². The molecule has 0 spiro atoms. The van der Waals surface area contributed by atoms with Gasteiger partial charge in [-0.2, -0.15) is 0 Å². The van der Waals surface area contributed by atoms with E-state index < -0.39 is 0 Å². The van der Waals surface area contributed by atoms with Crippen LogP contribution in [-0.4, -0.2) is 36.2 Å². The minimum Gasteiger partial charge on any atom is -0.381 e. The number of ether oxygens (including phenoxy) is 1. The lowest BCUT2D eigenvalue weighted by atomic mass is 10.0. The third-order valence-corrected chi connectivity index (χ3v) is 4.57. The van der Waals surface area contributed by atoms with Crippen LogP contribution in [0.5, 0.6) is 0 Å². The zero-order chi connectivity index (χ0) is 14.1. The Morgan fingerprint density at radius 2 is 2.05 bits per heavy atom. The number of nitrogens with one attached hydrogen (secondary N) is 1. The summed E-state index contributed by atoms with van der Waals surface area (Å²) in [5.74, 6) is 0. The van der Waals surface area contributed by atoms with Crippen molar-refractivity contribution >= 4 is 23.3 Å². The van der Waals surface area contributed by atoms with Crippen molar-refractivity contribution in [1.82, 2.24) is 4.90 Å². The van der Waals surface area contributed by atoms with Crippen LogP contribution < -0.4 is 5.32 Å². The molecule has 5 heteroatoms. The van der Waals surface area contributed by atoms with Crippen LogP contribution in [0.2, 0.25) is 5.02 Å². The van der Waals surface area contributed by atoms with E-state index in [2.05, 4.69) is 5.32 Å². The fourth-order valence-electron chi connectivity index (χ4n) is 3.41. The first kappa shape index (κ1) is 13.7.